The van der Waals surface area contributed by atoms with Gasteiger partial charge in [0.1, 0.15) is 5.75 Å². The van der Waals surface area contributed by atoms with Crippen LogP contribution in [-0.4, -0.2) is 41.3 Å². The Morgan fingerprint density at radius 2 is 1.80 bits per heavy atom. The first-order chi connectivity index (χ1) is 14.2. The van der Waals surface area contributed by atoms with Crippen LogP contribution in [0.2, 0.25) is 5.02 Å². The van der Waals surface area contributed by atoms with Gasteiger partial charge in [0.15, 0.2) is 5.60 Å². The van der Waals surface area contributed by atoms with Crippen molar-refractivity contribution in [1.29, 1.82) is 0 Å². The summed E-state index contributed by atoms with van der Waals surface area (Å²) in [4.78, 5) is 23.3. The maximum Gasteiger partial charge on any atom is 0.303 e. The second-order valence-corrected chi connectivity index (χ2v) is 7.66. The van der Waals surface area contributed by atoms with Crippen molar-refractivity contribution in [2.75, 3.05) is 13.7 Å². The van der Waals surface area contributed by atoms with Gasteiger partial charge in [-0.15, -0.1) is 0 Å². The standard InChI is InChI=1S/C22H26ClNO4.CH4O/c1-15-7-9-17(19(23)13-15)11-12-24-21(27)22(2,3)28-18-6-4-5-16(14-18)8-10-20(25)26;1-2/h4-7,9,13-14H,8,10-12H2,1-3H3,(H,24,27)(H,25,26);2H,1H3. The van der Waals surface area contributed by atoms with E-state index >= 15 is 0 Å². The highest BCUT2D eigenvalue weighted by Gasteiger charge is 2.29. The van der Waals surface area contributed by atoms with Crippen LogP contribution in [0.4, 0.5) is 0 Å². The number of hydrogen-bond acceptors (Lipinski definition) is 4. The van der Waals surface area contributed by atoms with Crippen molar-refractivity contribution in [2.45, 2.75) is 45.6 Å². The highest BCUT2D eigenvalue weighted by atomic mass is 35.5. The molecule has 7 heteroatoms. The van der Waals surface area contributed by atoms with Crippen molar-refractivity contribution >= 4 is 23.5 Å². The second-order valence-electron chi connectivity index (χ2n) is 7.25. The molecule has 2 aromatic carbocycles. The molecular weight excluding hydrogens is 406 g/mol. The molecular formula is C23H30ClNO5. The number of amides is 1. The van der Waals surface area contributed by atoms with Gasteiger partial charge in [-0.05, 0) is 68.5 Å². The van der Waals surface area contributed by atoms with Crippen LogP contribution in [-0.2, 0) is 22.4 Å². The number of aliphatic hydroxyl groups excluding tert-OH is 1. The van der Waals surface area contributed by atoms with Gasteiger partial charge in [0.25, 0.3) is 5.91 Å². The van der Waals surface area contributed by atoms with E-state index < -0.39 is 11.6 Å². The number of carboxylic acids is 1. The molecule has 0 radical (unpaired) electrons. The number of aliphatic carboxylic acids is 1. The molecule has 30 heavy (non-hydrogen) atoms. The fourth-order valence-electron chi connectivity index (χ4n) is 2.74. The van der Waals surface area contributed by atoms with Crippen LogP contribution in [0.25, 0.3) is 0 Å². The summed E-state index contributed by atoms with van der Waals surface area (Å²) in [6.45, 7) is 5.83. The molecule has 6 nitrogen and oxygen atoms in total. The molecule has 3 N–H and O–H groups in total. The Balaban J connectivity index is 0.00000218. The van der Waals surface area contributed by atoms with E-state index in [1.54, 1.807) is 32.0 Å². The summed E-state index contributed by atoms with van der Waals surface area (Å²) in [5, 5.41) is 19.4. The number of nitrogens with one attached hydrogen (secondary N) is 1. The van der Waals surface area contributed by atoms with Gasteiger partial charge >= 0.3 is 5.97 Å². The zero-order valence-corrected chi connectivity index (χ0v) is 18.6. The fraction of sp³-hybridized carbons (Fsp3) is 0.391. The molecule has 0 aliphatic carbocycles. The summed E-state index contributed by atoms with van der Waals surface area (Å²) in [5.74, 6) is -0.545. The van der Waals surface area contributed by atoms with Crippen molar-refractivity contribution in [3.05, 3.63) is 64.2 Å². The summed E-state index contributed by atoms with van der Waals surface area (Å²) in [6.07, 6.45) is 1.09. The predicted octanol–water partition coefficient (Wildman–Crippen LogP) is 3.79. The van der Waals surface area contributed by atoms with Crippen molar-refractivity contribution < 1.29 is 24.5 Å². The summed E-state index contributed by atoms with van der Waals surface area (Å²) in [7, 11) is 1.00. The molecule has 0 bridgehead atoms. The van der Waals surface area contributed by atoms with Crippen molar-refractivity contribution in [3.63, 3.8) is 0 Å². The number of aryl methyl sites for hydroxylation is 2. The first kappa shape index (κ1) is 25.5. The molecule has 0 fully saturated rings. The lowest BCUT2D eigenvalue weighted by Crippen LogP contribution is -2.47. The zero-order chi connectivity index (χ0) is 22.7. The first-order valence-electron chi connectivity index (χ1n) is 9.65. The van der Waals surface area contributed by atoms with Gasteiger partial charge < -0.3 is 20.3 Å². The van der Waals surface area contributed by atoms with Gasteiger partial charge in [0, 0.05) is 25.1 Å². The van der Waals surface area contributed by atoms with Crippen LogP contribution < -0.4 is 10.1 Å². The van der Waals surface area contributed by atoms with E-state index in [9.17, 15) is 9.59 Å². The van der Waals surface area contributed by atoms with Gasteiger partial charge in [-0.3, -0.25) is 9.59 Å². The average molecular weight is 436 g/mol. The Morgan fingerprint density at radius 3 is 2.43 bits per heavy atom. The van der Waals surface area contributed by atoms with Gasteiger partial charge in [-0.25, -0.2) is 0 Å². The molecule has 0 atom stereocenters. The van der Waals surface area contributed by atoms with Gasteiger partial charge in [-0.2, -0.15) is 0 Å². The maximum absolute atomic E-state index is 12.6. The summed E-state index contributed by atoms with van der Waals surface area (Å²) >= 11 is 6.23. The number of hydrogen-bond donors (Lipinski definition) is 3. The minimum Gasteiger partial charge on any atom is -0.481 e. The van der Waals surface area contributed by atoms with E-state index in [0.717, 1.165) is 23.8 Å². The molecule has 0 heterocycles. The van der Waals surface area contributed by atoms with Crippen LogP contribution >= 0.6 is 11.6 Å². The number of carbonyl (C=O) groups is 2. The Hall–Kier alpha value is -2.57. The number of carbonyl (C=O) groups excluding carboxylic acids is 1. The first-order valence-corrected chi connectivity index (χ1v) is 10.0. The van der Waals surface area contributed by atoms with Gasteiger partial charge in [0.05, 0.1) is 0 Å². The van der Waals surface area contributed by atoms with Gasteiger partial charge in [0.2, 0.25) is 0 Å². The highest BCUT2D eigenvalue weighted by Crippen LogP contribution is 2.21. The van der Waals surface area contributed by atoms with E-state index in [4.69, 9.17) is 26.6 Å². The predicted molar refractivity (Wildman–Crippen MR) is 118 cm³/mol. The van der Waals surface area contributed by atoms with Crippen LogP contribution in [0.3, 0.4) is 0 Å². The minimum atomic E-state index is -1.07. The largest absolute Gasteiger partial charge is 0.481 e. The topological polar surface area (TPSA) is 95.9 Å². The molecule has 0 aliphatic rings. The lowest BCUT2D eigenvalue weighted by atomic mass is 10.1. The molecule has 0 aromatic heterocycles. The van der Waals surface area contributed by atoms with Crippen molar-refractivity contribution in [3.8, 4) is 5.75 Å². The molecule has 0 spiro atoms. The zero-order valence-electron chi connectivity index (χ0n) is 17.9. The number of halogens is 1. The van der Waals surface area contributed by atoms with Gasteiger partial charge in [-0.1, -0.05) is 35.9 Å². The lowest BCUT2D eigenvalue weighted by Gasteiger charge is -2.25. The highest BCUT2D eigenvalue weighted by molar-refractivity contribution is 6.31. The van der Waals surface area contributed by atoms with Crippen LogP contribution in [0.15, 0.2) is 42.5 Å². The Kier molecular flexibility index (Phi) is 10.4. The third kappa shape index (κ3) is 8.43. The quantitative estimate of drug-likeness (QED) is 0.557. The number of aliphatic hydroxyl groups is 1. The van der Waals surface area contributed by atoms with E-state index in [0.29, 0.717) is 30.2 Å². The average Bonchev–Trinajstić information content (AvgIpc) is 2.69. The molecule has 0 saturated heterocycles. The SMILES string of the molecule is CO.Cc1ccc(CCNC(=O)C(C)(C)Oc2cccc(CCC(=O)O)c2)c(Cl)c1. The number of benzene rings is 2. The van der Waals surface area contributed by atoms with Crippen LogP contribution in [0.1, 0.15) is 37.0 Å². The Labute approximate surface area is 182 Å². The molecule has 2 aromatic rings. The second kappa shape index (κ2) is 12.2. The van der Waals surface area contributed by atoms with Crippen LogP contribution in [0.5, 0.6) is 5.75 Å². The van der Waals surface area contributed by atoms with E-state index in [-0.39, 0.29) is 12.3 Å². The van der Waals surface area contributed by atoms with Crippen molar-refractivity contribution in [1.82, 2.24) is 5.32 Å². The molecule has 1 amide bonds. The van der Waals surface area contributed by atoms with Crippen LogP contribution in [0, 0.1) is 6.92 Å². The van der Waals surface area contributed by atoms with E-state index in [2.05, 4.69) is 5.32 Å². The summed E-state index contributed by atoms with van der Waals surface area (Å²) in [6, 6.07) is 13.0. The maximum atomic E-state index is 12.6. The van der Waals surface area contributed by atoms with E-state index in [1.807, 2.05) is 31.2 Å². The van der Waals surface area contributed by atoms with Crippen molar-refractivity contribution in [2.24, 2.45) is 0 Å². The number of carboxylic acid groups (broad SMARTS) is 1. The van der Waals surface area contributed by atoms with E-state index in [1.165, 1.54) is 0 Å². The fourth-order valence-corrected chi connectivity index (χ4v) is 3.06. The lowest BCUT2D eigenvalue weighted by molar-refractivity contribution is -0.137. The third-order valence-corrected chi connectivity index (χ3v) is 4.69. The summed E-state index contributed by atoms with van der Waals surface area (Å²) in [5.41, 5.74) is 1.86. The molecule has 2 rings (SSSR count). The number of rotatable bonds is 9. The molecule has 0 saturated carbocycles. The Morgan fingerprint density at radius 1 is 1.10 bits per heavy atom. The molecule has 0 aliphatic heterocycles. The smallest absolute Gasteiger partial charge is 0.303 e. The monoisotopic (exact) mass is 435 g/mol. The number of ether oxygens (including phenoxy) is 1. The summed E-state index contributed by atoms with van der Waals surface area (Å²) < 4.78 is 5.87. The Bertz CT molecular complexity index is 851. The third-order valence-electron chi connectivity index (χ3n) is 4.33. The minimum absolute atomic E-state index is 0.0505. The molecule has 164 valence electrons. The normalized spacial score (nSPS) is 10.6. The molecule has 0 unspecified atom stereocenters.